The predicted octanol–water partition coefficient (Wildman–Crippen LogP) is 2.79. The van der Waals surface area contributed by atoms with Crippen molar-refractivity contribution in [2.45, 2.75) is 32.5 Å². The van der Waals surface area contributed by atoms with Gasteiger partial charge >= 0.3 is 0 Å². The van der Waals surface area contributed by atoms with Crippen LogP contribution in [0, 0.1) is 5.92 Å². The molecule has 1 aliphatic rings. The van der Waals surface area contributed by atoms with Crippen LogP contribution in [0.4, 0.5) is 0 Å². The Morgan fingerprint density at radius 2 is 2.10 bits per heavy atom. The summed E-state index contributed by atoms with van der Waals surface area (Å²) in [6.07, 6.45) is 10.8. The quantitative estimate of drug-likeness (QED) is 0.537. The fraction of sp³-hybridized carbons (Fsp3) is 0.409. The Labute approximate surface area is 172 Å². The van der Waals surface area contributed by atoms with Crippen molar-refractivity contribution in [1.82, 2.24) is 29.5 Å². The Balaban J connectivity index is 1.38. The highest BCUT2D eigenvalue weighted by Crippen LogP contribution is 2.27. The topological polar surface area (TPSA) is 63.3 Å². The lowest BCUT2D eigenvalue weighted by molar-refractivity contribution is 0.189. The number of nitrogens with zero attached hydrogens (tertiary/aromatic N) is 6. The number of hydrogen-bond acceptors (Lipinski definition) is 3. The molecule has 0 saturated carbocycles. The lowest BCUT2D eigenvalue weighted by atomic mass is 9.93. The molecule has 0 bridgehead atoms. The van der Waals surface area contributed by atoms with Crippen LogP contribution in [-0.4, -0.2) is 50.3 Å². The number of hydrogen-bond donors (Lipinski definition) is 1. The number of benzene rings is 1. The minimum Gasteiger partial charge on any atom is -0.352 e. The first-order valence-corrected chi connectivity index (χ1v) is 10.2. The maximum absolute atomic E-state index is 4.54. The van der Waals surface area contributed by atoms with Crippen molar-refractivity contribution in [1.29, 1.82) is 0 Å². The number of imidazole rings is 1. The smallest absolute Gasteiger partial charge is 0.193 e. The van der Waals surface area contributed by atoms with Crippen molar-refractivity contribution in [2.75, 3.05) is 20.1 Å². The molecule has 0 amide bonds. The van der Waals surface area contributed by atoms with Crippen LogP contribution in [0.25, 0.3) is 0 Å². The van der Waals surface area contributed by atoms with Gasteiger partial charge in [0.05, 0.1) is 18.9 Å². The van der Waals surface area contributed by atoms with E-state index in [1.165, 1.54) is 11.1 Å². The summed E-state index contributed by atoms with van der Waals surface area (Å²) in [5.74, 6) is 1.58. The van der Waals surface area contributed by atoms with E-state index in [9.17, 15) is 0 Å². The summed E-state index contributed by atoms with van der Waals surface area (Å²) in [7, 11) is 1.86. The van der Waals surface area contributed by atoms with Crippen molar-refractivity contribution in [3.63, 3.8) is 0 Å². The highest BCUT2D eigenvalue weighted by Gasteiger charge is 2.28. The lowest BCUT2D eigenvalue weighted by Gasteiger charge is -2.39. The van der Waals surface area contributed by atoms with Crippen LogP contribution in [0.5, 0.6) is 0 Å². The summed E-state index contributed by atoms with van der Waals surface area (Å²) in [6.45, 7) is 5.82. The zero-order valence-corrected chi connectivity index (χ0v) is 17.1. The monoisotopic (exact) mass is 391 g/mol. The van der Waals surface area contributed by atoms with Gasteiger partial charge in [0.1, 0.15) is 0 Å². The van der Waals surface area contributed by atoms with Gasteiger partial charge in [-0.3, -0.25) is 9.67 Å². The number of likely N-dealkylation sites (tertiary alicyclic amines) is 1. The van der Waals surface area contributed by atoms with Gasteiger partial charge in [0.25, 0.3) is 0 Å². The number of aromatic nitrogens is 4. The Bertz CT molecular complexity index is 915. The molecular weight excluding hydrogens is 362 g/mol. The fourth-order valence-electron chi connectivity index (χ4n) is 4.03. The van der Waals surface area contributed by atoms with E-state index in [1.54, 1.807) is 0 Å². The molecule has 152 valence electrons. The van der Waals surface area contributed by atoms with Gasteiger partial charge in [0.2, 0.25) is 0 Å². The van der Waals surface area contributed by atoms with E-state index in [1.807, 2.05) is 42.7 Å². The minimum absolute atomic E-state index is 0.419. The van der Waals surface area contributed by atoms with E-state index in [-0.39, 0.29) is 0 Å². The standard InChI is InChI=1S/C22H29N7/c1-18-7-11-27(16-21(18)28-12-9-24-17-28)22(23-2)25-14-19-5-3-6-20(13-19)15-29-10-4-8-26-29/h3-6,8-10,12-13,17-18,21H,7,11,14-16H2,1-2H3,(H,23,25). The highest BCUT2D eigenvalue weighted by molar-refractivity contribution is 5.80. The van der Waals surface area contributed by atoms with E-state index in [0.717, 1.165) is 38.6 Å². The van der Waals surface area contributed by atoms with Crippen molar-refractivity contribution in [3.8, 4) is 0 Å². The Morgan fingerprint density at radius 1 is 1.21 bits per heavy atom. The molecule has 1 saturated heterocycles. The molecule has 0 spiro atoms. The first-order valence-electron chi connectivity index (χ1n) is 10.2. The van der Waals surface area contributed by atoms with Crippen LogP contribution >= 0.6 is 0 Å². The molecule has 7 heteroatoms. The van der Waals surface area contributed by atoms with Crippen molar-refractivity contribution >= 4 is 5.96 Å². The first kappa shape index (κ1) is 19.2. The summed E-state index contributed by atoms with van der Waals surface area (Å²) in [6, 6.07) is 11.0. The zero-order valence-electron chi connectivity index (χ0n) is 17.1. The van der Waals surface area contributed by atoms with Gasteiger partial charge in [-0.2, -0.15) is 5.10 Å². The zero-order chi connectivity index (χ0) is 20.1. The highest BCUT2D eigenvalue weighted by atomic mass is 15.3. The maximum Gasteiger partial charge on any atom is 0.193 e. The van der Waals surface area contributed by atoms with Crippen LogP contribution in [0.15, 0.2) is 66.4 Å². The molecule has 4 rings (SSSR count). The third-order valence-corrected chi connectivity index (χ3v) is 5.68. The molecule has 2 atom stereocenters. The molecule has 2 aromatic heterocycles. The third kappa shape index (κ3) is 4.67. The van der Waals surface area contributed by atoms with Crippen LogP contribution in [-0.2, 0) is 13.1 Å². The largest absolute Gasteiger partial charge is 0.352 e. The van der Waals surface area contributed by atoms with Gasteiger partial charge in [0, 0.05) is 51.5 Å². The molecule has 2 unspecified atom stereocenters. The van der Waals surface area contributed by atoms with Gasteiger partial charge in [-0.05, 0) is 29.5 Å². The van der Waals surface area contributed by atoms with E-state index >= 15 is 0 Å². The van der Waals surface area contributed by atoms with Crippen molar-refractivity contribution in [3.05, 3.63) is 72.6 Å². The van der Waals surface area contributed by atoms with Gasteiger partial charge in [-0.1, -0.05) is 31.2 Å². The molecule has 3 aromatic rings. The summed E-state index contributed by atoms with van der Waals surface area (Å²) in [4.78, 5) is 11.1. The normalized spacial score (nSPS) is 20.1. The van der Waals surface area contributed by atoms with Gasteiger partial charge < -0.3 is 14.8 Å². The first-order chi connectivity index (χ1) is 14.2. The summed E-state index contributed by atoms with van der Waals surface area (Å²) >= 11 is 0. The molecule has 29 heavy (non-hydrogen) atoms. The molecule has 1 N–H and O–H groups in total. The molecule has 0 radical (unpaired) electrons. The predicted molar refractivity (Wildman–Crippen MR) is 115 cm³/mol. The number of piperidine rings is 1. The molecular formula is C22H29N7. The Hall–Kier alpha value is -3.09. The van der Waals surface area contributed by atoms with Crippen LogP contribution in [0.3, 0.4) is 0 Å². The van der Waals surface area contributed by atoms with E-state index < -0.39 is 0 Å². The van der Waals surface area contributed by atoms with E-state index in [0.29, 0.717) is 12.0 Å². The second-order valence-electron chi connectivity index (χ2n) is 7.71. The third-order valence-electron chi connectivity index (χ3n) is 5.68. The summed E-state index contributed by atoms with van der Waals surface area (Å²) in [5.41, 5.74) is 2.49. The second-order valence-corrected chi connectivity index (χ2v) is 7.71. The van der Waals surface area contributed by atoms with Gasteiger partial charge in [-0.15, -0.1) is 0 Å². The number of aliphatic imine (C=N–C) groups is 1. The van der Waals surface area contributed by atoms with Crippen LogP contribution in [0.2, 0.25) is 0 Å². The maximum atomic E-state index is 4.54. The van der Waals surface area contributed by atoms with Crippen LogP contribution < -0.4 is 5.32 Å². The molecule has 7 nitrogen and oxygen atoms in total. The average molecular weight is 392 g/mol. The molecule has 0 aliphatic carbocycles. The molecule has 1 fully saturated rings. The molecule has 3 heterocycles. The van der Waals surface area contributed by atoms with Crippen molar-refractivity contribution < 1.29 is 0 Å². The Kier molecular flexibility index (Phi) is 5.93. The van der Waals surface area contributed by atoms with E-state index in [4.69, 9.17) is 0 Å². The SMILES string of the molecule is CN=C(NCc1cccc(Cn2cccn2)c1)N1CCC(C)C(n2ccnc2)C1. The number of guanidine groups is 1. The average Bonchev–Trinajstić information content (AvgIpc) is 3.44. The molecule has 1 aliphatic heterocycles. The van der Waals surface area contributed by atoms with Crippen LogP contribution in [0.1, 0.15) is 30.5 Å². The van der Waals surface area contributed by atoms with Crippen molar-refractivity contribution in [2.24, 2.45) is 10.9 Å². The number of nitrogens with one attached hydrogen (secondary N) is 1. The minimum atomic E-state index is 0.419. The summed E-state index contributed by atoms with van der Waals surface area (Å²) < 4.78 is 4.17. The lowest BCUT2D eigenvalue weighted by Crippen LogP contribution is -2.48. The van der Waals surface area contributed by atoms with E-state index in [2.05, 4.69) is 67.2 Å². The van der Waals surface area contributed by atoms with Gasteiger partial charge in [0.15, 0.2) is 5.96 Å². The Morgan fingerprint density at radius 3 is 2.86 bits per heavy atom. The summed E-state index contributed by atoms with van der Waals surface area (Å²) in [5, 5.41) is 7.84. The number of rotatable bonds is 5. The second kappa shape index (κ2) is 8.94. The van der Waals surface area contributed by atoms with Gasteiger partial charge in [-0.25, -0.2) is 4.98 Å². The fourth-order valence-corrected chi connectivity index (χ4v) is 4.03. The molecule has 1 aromatic carbocycles.